The normalized spacial score (nSPS) is 11.5. The van der Waals surface area contributed by atoms with E-state index in [1.54, 1.807) is 0 Å². The molecule has 0 radical (unpaired) electrons. The Morgan fingerprint density at radius 3 is 2.56 bits per heavy atom. The zero-order valence-corrected chi connectivity index (χ0v) is 10.9. The third-order valence-electron chi connectivity index (χ3n) is 1.89. The van der Waals surface area contributed by atoms with Crippen LogP contribution in [0.1, 0.15) is 0 Å². The van der Waals surface area contributed by atoms with Crippen molar-refractivity contribution in [3.8, 4) is 0 Å². The van der Waals surface area contributed by atoms with Gasteiger partial charge in [0, 0.05) is 6.07 Å². The highest BCUT2D eigenvalue weighted by molar-refractivity contribution is 7.94. The predicted octanol–water partition coefficient (Wildman–Crippen LogP) is 2.88. The van der Waals surface area contributed by atoms with Crippen LogP contribution in [0.4, 0.5) is 14.5 Å². The van der Waals surface area contributed by atoms with Crippen LogP contribution in [0, 0.1) is 11.6 Å². The molecule has 1 aromatic heterocycles. The van der Waals surface area contributed by atoms with Crippen molar-refractivity contribution >= 4 is 38.6 Å². The van der Waals surface area contributed by atoms with Crippen molar-refractivity contribution in [2.75, 3.05) is 4.72 Å². The van der Waals surface area contributed by atoms with Gasteiger partial charge < -0.3 is 0 Å². The van der Waals surface area contributed by atoms with Crippen molar-refractivity contribution in [3.63, 3.8) is 0 Å². The number of nitrogens with one attached hydrogen (secondary N) is 1. The first-order chi connectivity index (χ1) is 8.38. The molecule has 0 fully saturated rings. The second kappa shape index (κ2) is 4.79. The highest BCUT2D eigenvalue weighted by atomic mass is 35.5. The molecule has 0 aliphatic carbocycles. The summed E-state index contributed by atoms with van der Waals surface area (Å²) < 4.78 is 51.2. The quantitative estimate of drug-likeness (QED) is 0.948. The third-order valence-corrected chi connectivity index (χ3v) is 4.85. The van der Waals surface area contributed by atoms with Crippen LogP contribution in [0.15, 0.2) is 28.6 Å². The number of halogens is 3. The minimum Gasteiger partial charge on any atom is -0.279 e. The number of aromatic nitrogens is 1. The minimum atomic E-state index is -3.89. The van der Waals surface area contributed by atoms with Crippen LogP contribution in [-0.4, -0.2) is 13.4 Å². The van der Waals surface area contributed by atoms with Crippen molar-refractivity contribution in [1.29, 1.82) is 0 Å². The van der Waals surface area contributed by atoms with Gasteiger partial charge in [-0.3, -0.25) is 4.72 Å². The number of rotatable bonds is 3. The molecular formula is C9H5ClF2N2O2S2. The van der Waals surface area contributed by atoms with E-state index in [9.17, 15) is 17.2 Å². The summed E-state index contributed by atoms with van der Waals surface area (Å²) in [4.78, 5) is 3.59. The lowest BCUT2D eigenvalue weighted by Crippen LogP contribution is -2.11. The Hall–Kier alpha value is -1.25. The highest BCUT2D eigenvalue weighted by Crippen LogP contribution is 2.25. The molecule has 4 nitrogen and oxygen atoms in total. The van der Waals surface area contributed by atoms with Crippen molar-refractivity contribution in [2.24, 2.45) is 0 Å². The van der Waals surface area contributed by atoms with Gasteiger partial charge in [-0.25, -0.2) is 22.2 Å². The Morgan fingerprint density at radius 2 is 2.00 bits per heavy atom. The Bertz CT molecular complexity index is 688. The van der Waals surface area contributed by atoms with Gasteiger partial charge in [0.2, 0.25) is 0 Å². The average molecular weight is 311 g/mol. The Morgan fingerprint density at radius 1 is 1.28 bits per heavy atom. The van der Waals surface area contributed by atoms with Gasteiger partial charge in [-0.1, -0.05) is 22.9 Å². The summed E-state index contributed by atoms with van der Waals surface area (Å²) in [6.07, 6.45) is 1.08. The van der Waals surface area contributed by atoms with Gasteiger partial charge in [0.05, 0.1) is 11.9 Å². The SMILES string of the molecule is O=S(=O)(Nc1ccc(F)c(F)c1)c1cnc(Cl)s1. The minimum absolute atomic E-state index is 0.0701. The first-order valence-corrected chi connectivity index (χ1v) is 7.15. The molecule has 0 aliphatic rings. The molecule has 9 heteroatoms. The first kappa shape index (κ1) is 13.2. The van der Waals surface area contributed by atoms with E-state index in [4.69, 9.17) is 11.6 Å². The zero-order chi connectivity index (χ0) is 13.3. The molecule has 1 aromatic carbocycles. The highest BCUT2D eigenvalue weighted by Gasteiger charge is 2.18. The summed E-state index contributed by atoms with van der Waals surface area (Å²) in [5.41, 5.74) is -0.0848. The molecule has 2 aromatic rings. The number of anilines is 1. The molecule has 0 saturated carbocycles. The molecule has 0 aliphatic heterocycles. The largest absolute Gasteiger partial charge is 0.279 e. The lowest BCUT2D eigenvalue weighted by Gasteiger charge is -2.05. The first-order valence-electron chi connectivity index (χ1n) is 4.48. The van der Waals surface area contributed by atoms with E-state index in [-0.39, 0.29) is 14.4 Å². The predicted molar refractivity (Wildman–Crippen MR) is 64.3 cm³/mol. The number of hydrogen-bond donors (Lipinski definition) is 1. The average Bonchev–Trinajstić information content (AvgIpc) is 2.71. The van der Waals surface area contributed by atoms with Crippen LogP contribution < -0.4 is 4.72 Å². The monoisotopic (exact) mass is 310 g/mol. The molecule has 1 N–H and O–H groups in total. The Balaban J connectivity index is 2.30. The Labute approximate surface area is 110 Å². The van der Waals surface area contributed by atoms with Crippen LogP contribution in [0.5, 0.6) is 0 Å². The number of hydrogen-bond acceptors (Lipinski definition) is 4. The molecule has 96 valence electrons. The van der Waals surface area contributed by atoms with Gasteiger partial charge in [-0.05, 0) is 12.1 Å². The summed E-state index contributed by atoms with van der Waals surface area (Å²) in [5.74, 6) is -2.20. The van der Waals surface area contributed by atoms with Gasteiger partial charge >= 0.3 is 0 Å². The lowest BCUT2D eigenvalue weighted by atomic mass is 10.3. The molecule has 0 atom stereocenters. The summed E-state index contributed by atoms with van der Waals surface area (Å²) in [6, 6.07) is 2.68. The van der Waals surface area contributed by atoms with Crippen molar-refractivity contribution < 1.29 is 17.2 Å². The van der Waals surface area contributed by atoms with Crippen molar-refractivity contribution in [3.05, 3.63) is 40.5 Å². The molecule has 18 heavy (non-hydrogen) atoms. The zero-order valence-electron chi connectivity index (χ0n) is 8.52. The number of sulfonamides is 1. The maximum absolute atomic E-state index is 12.9. The van der Waals surface area contributed by atoms with Crippen LogP contribution in [0.25, 0.3) is 0 Å². The summed E-state index contributed by atoms with van der Waals surface area (Å²) in [6.45, 7) is 0. The molecule has 0 bridgehead atoms. The summed E-state index contributed by atoms with van der Waals surface area (Å²) in [5, 5.41) is 0. The van der Waals surface area contributed by atoms with Gasteiger partial charge in [-0.2, -0.15) is 0 Å². The lowest BCUT2D eigenvalue weighted by molar-refractivity contribution is 0.509. The maximum atomic E-state index is 12.9. The van der Waals surface area contributed by atoms with E-state index in [1.165, 1.54) is 0 Å². The second-order valence-electron chi connectivity index (χ2n) is 3.17. The fourth-order valence-corrected chi connectivity index (χ4v) is 3.47. The van der Waals surface area contributed by atoms with Gasteiger partial charge in [0.25, 0.3) is 10.0 Å². The topological polar surface area (TPSA) is 59.1 Å². The number of nitrogens with zero attached hydrogens (tertiary/aromatic N) is 1. The van der Waals surface area contributed by atoms with E-state index < -0.39 is 21.7 Å². The van der Waals surface area contributed by atoms with Crippen LogP contribution in [-0.2, 0) is 10.0 Å². The Kier molecular flexibility index (Phi) is 3.51. The van der Waals surface area contributed by atoms with Gasteiger partial charge in [-0.15, -0.1) is 0 Å². The number of benzene rings is 1. The standard InChI is InChI=1S/C9H5ClF2N2O2S2/c10-9-13-4-8(17-9)18(15,16)14-5-1-2-6(11)7(12)3-5/h1-4,14H. The molecule has 0 saturated heterocycles. The van der Waals surface area contributed by atoms with Crippen LogP contribution in [0.3, 0.4) is 0 Å². The molecule has 0 spiro atoms. The van der Waals surface area contributed by atoms with E-state index in [1.807, 2.05) is 0 Å². The van der Waals surface area contributed by atoms with Crippen molar-refractivity contribution in [2.45, 2.75) is 4.21 Å². The molecule has 1 heterocycles. The summed E-state index contributed by atoms with van der Waals surface area (Å²) in [7, 11) is -3.89. The van der Waals surface area contributed by atoms with Gasteiger partial charge in [0.15, 0.2) is 20.3 Å². The second-order valence-corrected chi connectivity index (χ2v) is 6.69. The van der Waals surface area contributed by atoms with E-state index >= 15 is 0 Å². The molecular weight excluding hydrogens is 306 g/mol. The fraction of sp³-hybridized carbons (Fsp3) is 0. The van der Waals surface area contributed by atoms with Crippen molar-refractivity contribution in [1.82, 2.24) is 4.98 Å². The third kappa shape index (κ3) is 2.77. The molecule has 2 rings (SSSR count). The van der Waals surface area contributed by atoms with E-state index in [2.05, 4.69) is 9.71 Å². The molecule has 0 unspecified atom stereocenters. The van der Waals surface area contributed by atoms with Crippen LogP contribution in [0.2, 0.25) is 4.47 Å². The molecule has 0 amide bonds. The summed E-state index contributed by atoms with van der Waals surface area (Å²) >= 11 is 6.28. The van der Waals surface area contributed by atoms with E-state index in [0.717, 1.165) is 35.7 Å². The van der Waals surface area contributed by atoms with Crippen LogP contribution >= 0.6 is 22.9 Å². The fourth-order valence-electron chi connectivity index (χ4n) is 1.13. The maximum Gasteiger partial charge on any atom is 0.273 e. The smallest absolute Gasteiger partial charge is 0.273 e. The van der Waals surface area contributed by atoms with E-state index in [0.29, 0.717) is 0 Å². The number of thiazole rings is 1. The van der Waals surface area contributed by atoms with Gasteiger partial charge in [0.1, 0.15) is 0 Å².